The molecule has 1 aromatic carbocycles. The third kappa shape index (κ3) is 6.00. The Morgan fingerprint density at radius 2 is 2.40 bits per heavy atom. The summed E-state index contributed by atoms with van der Waals surface area (Å²) in [6.45, 7) is 4.08. The van der Waals surface area contributed by atoms with Crippen molar-refractivity contribution < 1.29 is 14.3 Å². The van der Waals surface area contributed by atoms with Crippen LogP contribution in [0.5, 0.6) is 0 Å². The summed E-state index contributed by atoms with van der Waals surface area (Å²) in [5.41, 5.74) is 1.18. The Kier molecular flexibility index (Phi) is 7.64. The van der Waals surface area contributed by atoms with E-state index in [4.69, 9.17) is 27.0 Å². The fourth-order valence-electron chi connectivity index (χ4n) is 2.64. The van der Waals surface area contributed by atoms with Crippen LogP contribution in [0.15, 0.2) is 24.3 Å². The number of benzene rings is 1. The molecule has 1 atom stereocenters. The number of anilines is 1. The van der Waals surface area contributed by atoms with E-state index in [2.05, 4.69) is 11.4 Å². The van der Waals surface area contributed by atoms with Gasteiger partial charge in [0.15, 0.2) is 5.11 Å². The van der Waals surface area contributed by atoms with Crippen molar-refractivity contribution in [1.29, 1.82) is 5.26 Å². The van der Waals surface area contributed by atoms with Gasteiger partial charge in [-0.05, 0) is 50.2 Å². The molecule has 0 aromatic heterocycles. The molecule has 0 bridgehead atoms. The minimum absolute atomic E-state index is 0.143. The molecule has 0 radical (unpaired) electrons. The lowest BCUT2D eigenvalue weighted by Gasteiger charge is -2.27. The highest BCUT2D eigenvalue weighted by Crippen LogP contribution is 2.16. The third-order valence-corrected chi connectivity index (χ3v) is 4.21. The van der Waals surface area contributed by atoms with Gasteiger partial charge in [-0.15, -0.1) is 0 Å². The van der Waals surface area contributed by atoms with E-state index in [-0.39, 0.29) is 12.1 Å². The predicted octanol–water partition coefficient (Wildman–Crippen LogP) is 2.95. The summed E-state index contributed by atoms with van der Waals surface area (Å²) in [7, 11) is 0. The first-order valence-corrected chi connectivity index (χ1v) is 8.86. The monoisotopic (exact) mass is 361 g/mol. The highest BCUT2D eigenvalue weighted by atomic mass is 32.1. The van der Waals surface area contributed by atoms with Crippen LogP contribution in [0, 0.1) is 11.3 Å². The minimum Gasteiger partial charge on any atom is -0.462 e. The largest absolute Gasteiger partial charge is 0.462 e. The van der Waals surface area contributed by atoms with Crippen LogP contribution in [0.3, 0.4) is 0 Å². The Morgan fingerprint density at radius 1 is 1.56 bits per heavy atom. The Bertz CT molecular complexity index is 639. The van der Waals surface area contributed by atoms with Crippen LogP contribution in [-0.4, -0.2) is 48.4 Å². The number of nitriles is 1. The molecule has 134 valence electrons. The maximum Gasteiger partial charge on any atom is 0.338 e. The molecule has 1 N–H and O–H groups in total. The molecule has 1 aromatic rings. The zero-order chi connectivity index (χ0) is 18.1. The van der Waals surface area contributed by atoms with E-state index < -0.39 is 0 Å². The summed E-state index contributed by atoms with van der Waals surface area (Å²) in [5, 5.41) is 12.5. The number of carbonyl (C=O) groups is 1. The molecule has 0 saturated carbocycles. The third-order valence-electron chi connectivity index (χ3n) is 3.85. The van der Waals surface area contributed by atoms with Gasteiger partial charge in [-0.25, -0.2) is 4.79 Å². The van der Waals surface area contributed by atoms with Gasteiger partial charge in [0.25, 0.3) is 0 Å². The Balaban J connectivity index is 2.02. The number of hydrogen-bond donors (Lipinski definition) is 1. The molecule has 7 heteroatoms. The number of hydrogen-bond acceptors (Lipinski definition) is 5. The van der Waals surface area contributed by atoms with Crippen LogP contribution in [0.4, 0.5) is 5.69 Å². The number of nitrogens with one attached hydrogen (secondary N) is 1. The summed E-state index contributed by atoms with van der Waals surface area (Å²) < 4.78 is 10.7. The van der Waals surface area contributed by atoms with Gasteiger partial charge in [0, 0.05) is 25.4 Å². The van der Waals surface area contributed by atoms with Crippen molar-refractivity contribution in [2.75, 3.05) is 31.6 Å². The lowest BCUT2D eigenvalue weighted by atomic mass is 10.2. The molecule has 6 nitrogen and oxygen atoms in total. The predicted molar refractivity (Wildman–Crippen MR) is 99.4 cm³/mol. The van der Waals surface area contributed by atoms with Gasteiger partial charge >= 0.3 is 5.97 Å². The van der Waals surface area contributed by atoms with E-state index in [1.165, 1.54) is 0 Å². The first-order chi connectivity index (χ1) is 12.1. The molecule has 25 heavy (non-hydrogen) atoms. The maximum absolute atomic E-state index is 11.8. The first kappa shape index (κ1) is 19.2. The van der Waals surface area contributed by atoms with Crippen molar-refractivity contribution in [2.45, 2.75) is 32.3 Å². The zero-order valence-corrected chi connectivity index (χ0v) is 15.2. The molecule has 1 aliphatic heterocycles. The van der Waals surface area contributed by atoms with Gasteiger partial charge in [-0.3, -0.25) is 0 Å². The number of carbonyl (C=O) groups excluding carboxylic acids is 1. The smallest absolute Gasteiger partial charge is 0.338 e. The van der Waals surface area contributed by atoms with Crippen molar-refractivity contribution in [3.05, 3.63) is 29.8 Å². The van der Waals surface area contributed by atoms with Crippen LogP contribution in [0.1, 0.15) is 36.5 Å². The summed E-state index contributed by atoms with van der Waals surface area (Å²) in [5.74, 6) is -0.363. The number of ether oxygens (including phenoxy) is 2. The van der Waals surface area contributed by atoms with E-state index in [0.717, 1.165) is 19.4 Å². The standard InChI is InChI=1S/C18H23N3O3S/c1-2-23-17(22)14-6-3-7-15(12-14)20-18(25)21(10-5-9-19)13-16-8-4-11-24-16/h3,6-7,12,16H,2,4-5,8,10-11,13H2,1H3,(H,20,25). The second-order valence-corrected chi connectivity index (χ2v) is 6.11. The van der Waals surface area contributed by atoms with Crippen molar-refractivity contribution in [3.8, 4) is 6.07 Å². The normalized spacial score (nSPS) is 16.1. The highest BCUT2D eigenvalue weighted by Gasteiger charge is 2.21. The summed E-state index contributed by atoms with van der Waals surface area (Å²) in [6.07, 6.45) is 2.59. The SMILES string of the molecule is CCOC(=O)c1cccc(NC(=S)N(CCC#N)CC2CCCO2)c1. The van der Waals surface area contributed by atoms with E-state index in [1.807, 2.05) is 11.0 Å². The fourth-order valence-corrected chi connectivity index (χ4v) is 2.92. The molecular weight excluding hydrogens is 338 g/mol. The molecule has 0 aliphatic carbocycles. The molecule has 2 rings (SSSR count). The summed E-state index contributed by atoms with van der Waals surface area (Å²) in [4.78, 5) is 13.8. The molecule has 1 fully saturated rings. The summed E-state index contributed by atoms with van der Waals surface area (Å²) >= 11 is 5.50. The maximum atomic E-state index is 11.8. The van der Waals surface area contributed by atoms with Crippen LogP contribution in [-0.2, 0) is 9.47 Å². The average Bonchev–Trinajstić information content (AvgIpc) is 3.12. The highest BCUT2D eigenvalue weighted by molar-refractivity contribution is 7.80. The van der Waals surface area contributed by atoms with Gasteiger partial charge in [0.1, 0.15) is 0 Å². The molecule has 1 aliphatic rings. The van der Waals surface area contributed by atoms with Gasteiger partial charge < -0.3 is 19.7 Å². The first-order valence-electron chi connectivity index (χ1n) is 8.45. The lowest BCUT2D eigenvalue weighted by Crippen LogP contribution is -2.40. The van der Waals surface area contributed by atoms with Gasteiger partial charge in [-0.1, -0.05) is 6.07 Å². The second-order valence-electron chi connectivity index (χ2n) is 5.72. The lowest BCUT2D eigenvalue weighted by molar-refractivity contribution is 0.0526. The van der Waals surface area contributed by atoms with E-state index in [0.29, 0.717) is 42.5 Å². The van der Waals surface area contributed by atoms with Crippen LogP contribution in [0.2, 0.25) is 0 Å². The van der Waals surface area contributed by atoms with Crippen molar-refractivity contribution >= 4 is 29.0 Å². The molecule has 1 heterocycles. The molecule has 1 saturated heterocycles. The van der Waals surface area contributed by atoms with Crippen LogP contribution in [0.25, 0.3) is 0 Å². The second kappa shape index (κ2) is 9.97. The van der Waals surface area contributed by atoms with Crippen LogP contribution < -0.4 is 5.32 Å². The zero-order valence-electron chi connectivity index (χ0n) is 14.4. The number of rotatable bonds is 7. The Hall–Kier alpha value is -2.17. The minimum atomic E-state index is -0.363. The Labute approximate surface area is 153 Å². The van der Waals surface area contributed by atoms with Crippen molar-refractivity contribution in [3.63, 3.8) is 0 Å². The average molecular weight is 361 g/mol. The van der Waals surface area contributed by atoms with Gasteiger partial charge in [0.2, 0.25) is 0 Å². The number of thiocarbonyl (C=S) groups is 1. The van der Waals surface area contributed by atoms with Gasteiger partial charge in [-0.2, -0.15) is 5.26 Å². The number of esters is 1. The summed E-state index contributed by atoms with van der Waals surface area (Å²) in [6, 6.07) is 9.17. The quantitative estimate of drug-likeness (QED) is 0.591. The van der Waals surface area contributed by atoms with Crippen molar-refractivity contribution in [1.82, 2.24) is 4.90 Å². The Morgan fingerprint density at radius 3 is 3.08 bits per heavy atom. The molecule has 0 spiro atoms. The fraction of sp³-hybridized carbons (Fsp3) is 0.500. The van der Waals surface area contributed by atoms with Crippen molar-refractivity contribution in [2.24, 2.45) is 0 Å². The number of nitrogens with zero attached hydrogens (tertiary/aromatic N) is 2. The van der Waals surface area contributed by atoms with Gasteiger partial charge in [0.05, 0.1) is 30.8 Å². The molecular formula is C18H23N3O3S. The molecule has 0 amide bonds. The molecule has 1 unspecified atom stereocenters. The van der Waals surface area contributed by atoms with E-state index in [9.17, 15) is 4.79 Å². The topological polar surface area (TPSA) is 74.6 Å². The van der Waals surface area contributed by atoms with E-state index in [1.54, 1.807) is 25.1 Å². The van der Waals surface area contributed by atoms with E-state index >= 15 is 0 Å². The van der Waals surface area contributed by atoms with Crippen LogP contribution >= 0.6 is 12.2 Å².